The van der Waals surface area contributed by atoms with Crippen LogP contribution in [0.15, 0.2) is 28.7 Å². The summed E-state index contributed by atoms with van der Waals surface area (Å²) in [4.78, 5) is 24.8. The molecule has 0 aliphatic heterocycles. The summed E-state index contributed by atoms with van der Waals surface area (Å²) in [7, 11) is 0. The van der Waals surface area contributed by atoms with E-state index in [1.807, 2.05) is 12.1 Å². The van der Waals surface area contributed by atoms with Gasteiger partial charge in [0.05, 0.1) is 18.4 Å². The maximum atomic E-state index is 12.5. The molecule has 0 heterocycles. The lowest BCUT2D eigenvalue weighted by molar-refractivity contribution is -0.158. The minimum Gasteiger partial charge on any atom is -0.465 e. The van der Waals surface area contributed by atoms with Crippen molar-refractivity contribution in [2.75, 3.05) is 6.61 Å². The van der Waals surface area contributed by atoms with E-state index in [4.69, 9.17) is 9.47 Å². The van der Waals surface area contributed by atoms with Gasteiger partial charge in [0.15, 0.2) is 0 Å². The Morgan fingerprint density at radius 2 is 1.67 bits per heavy atom. The normalized spacial score (nSPS) is 20.4. The molecule has 2 atom stereocenters. The van der Waals surface area contributed by atoms with E-state index in [0.29, 0.717) is 25.2 Å². The van der Waals surface area contributed by atoms with Gasteiger partial charge in [0.2, 0.25) is 0 Å². The SMILES string of the molecule is CCCCCOC(=O)C1CCCCC1C(=O)Oc1ccc(Br)cc1. The van der Waals surface area contributed by atoms with Crippen molar-refractivity contribution in [1.82, 2.24) is 0 Å². The van der Waals surface area contributed by atoms with Gasteiger partial charge in [-0.1, -0.05) is 48.5 Å². The lowest BCUT2D eigenvalue weighted by Crippen LogP contribution is -2.36. The van der Waals surface area contributed by atoms with Crippen LogP contribution >= 0.6 is 15.9 Å². The number of carbonyl (C=O) groups is 2. The summed E-state index contributed by atoms with van der Waals surface area (Å²) in [6.45, 7) is 2.55. The van der Waals surface area contributed by atoms with Crippen molar-refractivity contribution in [3.05, 3.63) is 28.7 Å². The van der Waals surface area contributed by atoms with E-state index in [1.54, 1.807) is 12.1 Å². The highest BCUT2D eigenvalue weighted by Gasteiger charge is 2.38. The molecule has 0 aromatic heterocycles. The Labute approximate surface area is 152 Å². The number of halogens is 1. The van der Waals surface area contributed by atoms with Crippen molar-refractivity contribution in [3.8, 4) is 5.75 Å². The number of unbranched alkanes of at least 4 members (excludes halogenated alkanes) is 2. The first-order chi connectivity index (χ1) is 11.6. The van der Waals surface area contributed by atoms with Gasteiger partial charge in [-0.3, -0.25) is 9.59 Å². The maximum absolute atomic E-state index is 12.5. The Morgan fingerprint density at radius 1 is 1.04 bits per heavy atom. The second kappa shape index (κ2) is 9.82. The minimum absolute atomic E-state index is 0.247. The van der Waals surface area contributed by atoms with E-state index >= 15 is 0 Å². The zero-order valence-electron chi connectivity index (χ0n) is 14.1. The quantitative estimate of drug-likeness (QED) is 0.373. The molecule has 1 aromatic rings. The van der Waals surface area contributed by atoms with E-state index in [1.165, 1.54) is 0 Å². The molecule has 1 aliphatic rings. The summed E-state index contributed by atoms with van der Waals surface area (Å²) in [5.41, 5.74) is 0. The van der Waals surface area contributed by atoms with E-state index in [9.17, 15) is 9.59 Å². The molecule has 0 spiro atoms. The molecule has 1 aromatic carbocycles. The molecule has 132 valence electrons. The summed E-state index contributed by atoms with van der Waals surface area (Å²) in [5.74, 6) is -0.843. The van der Waals surface area contributed by atoms with Gasteiger partial charge < -0.3 is 9.47 Å². The minimum atomic E-state index is -0.402. The van der Waals surface area contributed by atoms with E-state index < -0.39 is 5.92 Å². The number of ether oxygens (including phenoxy) is 2. The summed E-state index contributed by atoms with van der Waals surface area (Å²) < 4.78 is 11.8. The Hall–Kier alpha value is -1.36. The van der Waals surface area contributed by atoms with Crippen LogP contribution in [0.1, 0.15) is 51.9 Å². The molecule has 5 heteroatoms. The maximum Gasteiger partial charge on any atom is 0.315 e. The molecular formula is C19H25BrO4. The van der Waals surface area contributed by atoms with Gasteiger partial charge in [0, 0.05) is 4.47 Å². The van der Waals surface area contributed by atoms with Crippen molar-refractivity contribution in [2.45, 2.75) is 51.9 Å². The highest BCUT2D eigenvalue weighted by Crippen LogP contribution is 2.32. The molecule has 0 N–H and O–H groups in total. The second-order valence-electron chi connectivity index (χ2n) is 6.25. The first-order valence-electron chi connectivity index (χ1n) is 8.75. The monoisotopic (exact) mass is 396 g/mol. The zero-order chi connectivity index (χ0) is 17.4. The second-order valence-corrected chi connectivity index (χ2v) is 7.16. The number of benzene rings is 1. The standard InChI is InChI=1S/C19H25BrO4/c1-2-3-6-13-23-18(21)16-7-4-5-8-17(16)19(22)24-15-11-9-14(20)10-12-15/h9-12,16-17H,2-8,13H2,1H3. The van der Waals surface area contributed by atoms with E-state index in [-0.39, 0.29) is 17.9 Å². The molecule has 0 saturated heterocycles. The first kappa shape index (κ1) is 19.0. The van der Waals surface area contributed by atoms with E-state index in [0.717, 1.165) is 36.6 Å². The first-order valence-corrected chi connectivity index (χ1v) is 9.55. The Kier molecular flexibility index (Phi) is 7.76. The van der Waals surface area contributed by atoms with Gasteiger partial charge >= 0.3 is 11.9 Å². The Balaban J connectivity index is 1.93. The molecule has 2 rings (SSSR count). The molecule has 4 nitrogen and oxygen atoms in total. The highest BCUT2D eigenvalue weighted by atomic mass is 79.9. The van der Waals surface area contributed by atoms with Crippen LogP contribution in [0.5, 0.6) is 5.75 Å². The summed E-state index contributed by atoms with van der Waals surface area (Å²) in [5, 5.41) is 0. The van der Waals surface area contributed by atoms with Crippen LogP contribution in [0.3, 0.4) is 0 Å². The van der Waals surface area contributed by atoms with Crippen molar-refractivity contribution < 1.29 is 19.1 Å². The van der Waals surface area contributed by atoms with Gasteiger partial charge in [-0.05, 0) is 43.5 Å². The average Bonchev–Trinajstić information content (AvgIpc) is 2.60. The number of rotatable bonds is 7. The molecule has 0 radical (unpaired) electrons. The molecule has 0 amide bonds. The molecule has 1 aliphatic carbocycles. The summed E-state index contributed by atoms with van der Waals surface area (Å²) >= 11 is 3.35. The molecule has 1 saturated carbocycles. The van der Waals surface area contributed by atoms with Crippen LogP contribution in [0.4, 0.5) is 0 Å². The third-order valence-electron chi connectivity index (χ3n) is 4.40. The lowest BCUT2D eigenvalue weighted by Gasteiger charge is -2.28. The predicted octanol–water partition coefficient (Wildman–Crippen LogP) is 4.89. The van der Waals surface area contributed by atoms with Gasteiger partial charge in [-0.15, -0.1) is 0 Å². The smallest absolute Gasteiger partial charge is 0.315 e. The van der Waals surface area contributed by atoms with Crippen LogP contribution in [-0.4, -0.2) is 18.5 Å². The van der Waals surface area contributed by atoms with Crippen LogP contribution in [0.25, 0.3) is 0 Å². The largest absolute Gasteiger partial charge is 0.465 e. The third kappa shape index (κ3) is 5.62. The number of hydrogen-bond acceptors (Lipinski definition) is 4. The van der Waals surface area contributed by atoms with Crippen molar-refractivity contribution in [2.24, 2.45) is 11.8 Å². The fourth-order valence-electron chi connectivity index (χ4n) is 3.02. The summed E-state index contributed by atoms with van der Waals surface area (Å²) in [6.07, 6.45) is 6.30. The average molecular weight is 397 g/mol. The fraction of sp³-hybridized carbons (Fsp3) is 0.579. The van der Waals surface area contributed by atoms with Crippen molar-refractivity contribution in [1.29, 1.82) is 0 Å². The van der Waals surface area contributed by atoms with Crippen molar-refractivity contribution in [3.63, 3.8) is 0 Å². The molecule has 2 unspecified atom stereocenters. The van der Waals surface area contributed by atoms with Crippen LogP contribution in [0, 0.1) is 11.8 Å². The van der Waals surface area contributed by atoms with E-state index in [2.05, 4.69) is 22.9 Å². The van der Waals surface area contributed by atoms with Gasteiger partial charge in [-0.2, -0.15) is 0 Å². The fourth-order valence-corrected chi connectivity index (χ4v) is 3.29. The molecular weight excluding hydrogens is 372 g/mol. The predicted molar refractivity (Wildman–Crippen MR) is 95.7 cm³/mol. The molecule has 24 heavy (non-hydrogen) atoms. The van der Waals surface area contributed by atoms with Gasteiger partial charge in [0.25, 0.3) is 0 Å². The van der Waals surface area contributed by atoms with Gasteiger partial charge in [0.1, 0.15) is 5.75 Å². The number of carbonyl (C=O) groups excluding carboxylic acids is 2. The number of esters is 2. The molecule has 1 fully saturated rings. The van der Waals surface area contributed by atoms with Crippen LogP contribution < -0.4 is 4.74 Å². The highest BCUT2D eigenvalue weighted by molar-refractivity contribution is 9.10. The van der Waals surface area contributed by atoms with Gasteiger partial charge in [-0.25, -0.2) is 0 Å². The van der Waals surface area contributed by atoms with Crippen LogP contribution in [-0.2, 0) is 14.3 Å². The third-order valence-corrected chi connectivity index (χ3v) is 4.92. The lowest BCUT2D eigenvalue weighted by atomic mass is 9.79. The zero-order valence-corrected chi connectivity index (χ0v) is 15.7. The van der Waals surface area contributed by atoms with Crippen molar-refractivity contribution >= 4 is 27.9 Å². The number of hydrogen-bond donors (Lipinski definition) is 0. The summed E-state index contributed by atoms with van der Waals surface area (Å²) in [6, 6.07) is 7.12. The molecule has 0 bridgehead atoms. The van der Waals surface area contributed by atoms with Crippen LogP contribution in [0.2, 0.25) is 0 Å². The topological polar surface area (TPSA) is 52.6 Å². The Morgan fingerprint density at radius 3 is 2.29 bits per heavy atom. The Bertz CT molecular complexity index is 541.